The molecule has 1 unspecified atom stereocenters. The van der Waals surface area contributed by atoms with E-state index in [1.54, 1.807) is 7.11 Å². The summed E-state index contributed by atoms with van der Waals surface area (Å²) in [6, 6.07) is 24.0. The Morgan fingerprint density at radius 2 is 1.91 bits per heavy atom. The Kier molecular flexibility index (Phi) is 8.89. The first-order chi connectivity index (χ1) is 21.7. The summed E-state index contributed by atoms with van der Waals surface area (Å²) in [6.45, 7) is 8.85. The molecule has 6 rings (SSSR count). The topological polar surface area (TPSA) is 100 Å². The van der Waals surface area contributed by atoms with Crippen LogP contribution in [0, 0.1) is 11.8 Å². The van der Waals surface area contributed by atoms with E-state index >= 15 is 0 Å². The van der Waals surface area contributed by atoms with Gasteiger partial charge in [-0.25, -0.2) is 0 Å². The second kappa shape index (κ2) is 12.7. The molecule has 1 spiro atoms. The number of rotatable bonds is 9. The second-order valence-electron chi connectivity index (χ2n) is 13.3. The number of methoxy groups -OCH3 is 1. The molecule has 8 nitrogen and oxygen atoms in total. The number of fused-ring (bicyclic) bond motifs is 2. The van der Waals surface area contributed by atoms with Crippen LogP contribution in [0.5, 0.6) is 5.75 Å². The van der Waals surface area contributed by atoms with E-state index in [1.165, 1.54) is 5.19 Å². The van der Waals surface area contributed by atoms with Gasteiger partial charge in [0.2, 0.25) is 5.91 Å². The summed E-state index contributed by atoms with van der Waals surface area (Å²) >= 11 is 0. The number of piperidine rings is 1. The van der Waals surface area contributed by atoms with Crippen LogP contribution in [0.1, 0.15) is 37.3 Å². The molecule has 3 aromatic rings. The number of hydrogen-bond donors (Lipinski definition) is 3. The van der Waals surface area contributed by atoms with Crippen LogP contribution in [0.2, 0.25) is 18.6 Å². The van der Waals surface area contributed by atoms with Gasteiger partial charge in [0.15, 0.2) is 5.60 Å². The number of carbonyl (C=O) groups is 2. The van der Waals surface area contributed by atoms with Crippen LogP contribution < -0.4 is 25.5 Å². The first-order valence-corrected chi connectivity index (χ1v) is 19.2. The minimum atomic E-state index is -2.23. The number of aliphatic hydroxyl groups is 1. The Morgan fingerprint density at radius 1 is 1.13 bits per heavy atom. The maximum Gasteiger partial charge on any atom is 0.264 e. The molecule has 3 aliphatic rings. The van der Waals surface area contributed by atoms with Gasteiger partial charge < -0.3 is 30.1 Å². The monoisotopic (exact) mass is 627 g/mol. The van der Waals surface area contributed by atoms with Crippen molar-refractivity contribution in [2.45, 2.75) is 63.1 Å². The SMILES string of the molecule is COc1ccc([Si](C)(C)[C@H]2[C@H](CCO)O[C@@]3(C(=O)N(Cc4cccc(NC(=O)C5CCCNC5)c4)c4ccccc43)[C@@H]2C)cc1. The second-order valence-corrected chi connectivity index (χ2v) is 18.0. The highest BCUT2D eigenvalue weighted by Crippen LogP contribution is 2.60. The highest BCUT2D eigenvalue weighted by Gasteiger charge is 2.66. The third-order valence-corrected chi connectivity index (χ3v) is 14.7. The van der Waals surface area contributed by atoms with E-state index < -0.39 is 13.7 Å². The minimum absolute atomic E-state index is 0.00789. The van der Waals surface area contributed by atoms with Gasteiger partial charge >= 0.3 is 0 Å². The predicted octanol–water partition coefficient (Wildman–Crippen LogP) is 4.78. The molecule has 3 N–H and O–H groups in total. The molecular formula is C36H45N3O5Si. The number of nitrogens with one attached hydrogen (secondary N) is 2. The van der Waals surface area contributed by atoms with Crippen molar-refractivity contribution in [1.82, 2.24) is 5.32 Å². The van der Waals surface area contributed by atoms with Crippen LogP contribution in [0.25, 0.3) is 0 Å². The van der Waals surface area contributed by atoms with Crippen molar-refractivity contribution in [2.75, 3.05) is 37.0 Å². The zero-order valence-corrected chi connectivity index (χ0v) is 27.7. The molecule has 45 heavy (non-hydrogen) atoms. The Balaban J connectivity index is 1.31. The summed E-state index contributed by atoms with van der Waals surface area (Å²) in [7, 11) is -0.562. The first kappa shape index (κ1) is 31.5. The van der Waals surface area contributed by atoms with Crippen molar-refractivity contribution < 1.29 is 24.2 Å². The molecule has 2 fully saturated rings. The van der Waals surface area contributed by atoms with Crippen LogP contribution in [-0.4, -0.2) is 57.9 Å². The first-order valence-electron chi connectivity index (χ1n) is 16.2. The fourth-order valence-corrected chi connectivity index (χ4v) is 12.1. The third kappa shape index (κ3) is 5.60. The highest BCUT2D eigenvalue weighted by atomic mass is 28.3. The molecule has 5 atom stereocenters. The van der Waals surface area contributed by atoms with Gasteiger partial charge in [0, 0.05) is 30.3 Å². The summed E-state index contributed by atoms with van der Waals surface area (Å²) in [5.74, 6) is 0.613. The average Bonchev–Trinajstić information content (AvgIpc) is 3.48. The Labute approximate surface area is 267 Å². The maximum atomic E-state index is 14.8. The van der Waals surface area contributed by atoms with Gasteiger partial charge in [-0.15, -0.1) is 0 Å². The molecule has 0 saturated carbocycles. The molecule has 0 aliphatic carbocycles. The van der Waals surface area contributed by atoms with Crippen LogP contribution in [0.4, 0.5) is 11.4 Å². The van der Waals surface area contributed by atoms with Gasteiger partial charge in [-0.3, -0.25) is 9.59 Å². The Morgan fingerprint density at radius 3 is 2.62 bits per heavy atom. The molecule has 9 heteroatoms. The van der Waals surface area contributed by atoms with Gasteiger partial charge in [-0.2, -0.15) is 0 Å². The standard InChI is InChI=1S/C36H45N3O5Si/c1-24-33(45(3,4)29-16-14-28(43-2)15-17-29)32(18-20-40)44-36(24)30-12-5-6-13-31(30)39(35(36)42)23-25-9-7-11-27(21-25)38-34(41)26-10-8-19-37-22-26/h5-7,9,11-17,21,24,26,32-33,37,40H,8,10,18-20,22-23H2,1-4H3,(H,38,41)/t24-,26?,32+,33-,36+/m1/s1. The molecule has 3 aromatic carbocycles. The van der Waals surface area contributed by atoms with Gasteiger partial charge in [-0.1, -0.05) is 67.7 Å². The smallest absolute Gasteiger partial charge is 0.264 e. The van der Waals surface area contributed by atoms with Gasteiger partial charge in [-0.05, 0) is 67.2 Å². The van der Waals surface area contributed by atoms with Crippen molar-refractivity contribution in [2.24, 2.45) is 11.8 Å². The maximum absolute atomic E-state index is 14.8. The zero-order chi connectivity index (χ0) is 31.8. The molecular weight excluding hydrogens is 582 g/mol. The summed E-state index contributed by atoms with van der Waals surface area (Å²) in [5.41, 5.74) is 2.35. The number of ether oxygens (including phenoxy) is 2. The van der Waals surface area contributed by atoms with Crippen molar-refractivity contribution in [3.63, 3.8) is 0 Å². The molecule has 0 bridgehead atoms. The number of para-hydroxylation sites is 1. The van der Waals surface area contributed by atoms with E-state index in [2.05, 4.69) is 42.8 Å². The van der Waals surface area contributed by atoms with E-state index in [1.807, 2.05) is 65.6 Å². The van der Waals surface area contributed by atoms with E-state index in [9.17, 15) is 14.7 Å². The summed E-state index contributed by atoms with van der Waals surface area (Å²) in [5, 5.41) is 17.8. The fraction of sp³-hybridized carbons (Fsp3) is 0.444. The summed E-state index contributed by atoms with van der Waals surface area (Å²) < 4.78 is 12.4. The predicted molar refractivity (Wildman–Crippen MR) is 180 cm³/mol. The zero-order valence-electron chi connectivity index (χ0n) is 26.7. The highest BCUT2D eigenvalue weighted by molar-refractivity contribution is 6.91. The third-order valence-electron chi connectivity index (χ3n) is 10.4. The van der Waals surface area contributed by atoms with Crippen LogP contribution in [-0.2, 0) is 26.5 Å². The van der Waals surface area contributed by atoms with E-state index in [0.29, 0.717) is 19.5 Å². The van der Waals surface area contributed by atoms with Crippen LogP contribution in [0.3, 0.4) is 0 Å². The molecule has 0 aromatic heterocycles. The van der Waals surface area contributed by atoms with E-state index in [0.717, 1.165) is 47.6 Å². The lowest BCUT2D eigenvalue weighted by atomic mass is 9.82. The van der Waals surface area contributed by atoms with Crippen molar-refractivity contribution >= 4 is 36.4 Å². The number of anilines is 2. The minimum Gasteiger partial charge on any atom is -0.497 e. The van der Waals surface area contributed by atoms with Crippen LogP contribution in [0.15, 0.2) is 72.8 Å². The number of aliphatic hydroxyl groups excluding tert-OH is 1. The molecule has 238 valence electrons. The average molecular weight is 628 g/mol. The number of nitrogens with zero attached hydrogens (tertiary/aromatic N) is 1. The number of benzene rings is 3. The summed E-state index contributed by atoms with van der Waals surface area (Å²) in [4.78, 5) is 29.5. The van der Waals surface area contributed by atoms with Gasteiger partial charge in [0.1, 0.15) is 5.75 Å². The van der Waals surface area contributed by atoms with Crippen molar-refractivity contribution in [3.8, 4) is 5.75 Å². The lowest BCUT2D eigenvalue weighted by Crippen LogP contribution is -2.51. The molecule has 2 saturated heterocycles. The largest absolute Gasteiger partial charge is 0.497 e. The van der Waals surface area contributed by atoms with Crippen LogP contribution >= 0.6 is 0 Å². The number of hydrogen-bond acceptors (Lipinski definition) is 6. The van der Waals surface area contributed by atoms with Gasteiger partial charge in [0.05, 0.1) is 39.4 Å². The number of amides is 2. The fourth-order valence-electron chi connectivity index (χ4n) is 8.07. The summed E-state index contributed by atoms with van der Waals surface area (Å²) in [6.07, 6.45) is 2.08. The molecule has 0 radical (unpaired) electrons. The van der Waals surface area contributed by atoms with Crippen molar-refractivity contribution in [3.05, 3.63) is 83.9 Å². The van der Waals surface area contributed by atoms with E-state index in [-0.39, 0.29) is 41.9 Å². The quantitative estimate of drug-likeness (QED) is 0.296. The molecule has 3 aliphatic heterocycles. The van der Waals surface area contributed by atoms with Gasteiger partial charge in [0.25, 0.3) is 5.91 Å². The van der Waals surface area contributed by atoms with E-state index in [4.69, 9.17) is 9.47 Å². The van der Waals surface area contributed by atoms with Crippen molar-refractivity contribution in [1.29, 1.82) is 0 Å². The normalized spacial score (nSPS) is 26.2. The Bertz CT molecular complexity index is 1540. The Hall–Kier alpha value is -3.50. The lowest BCUT2D eigenvalue weighted by Gasteiger charge is -2.37. The lowest BCUT2D eigenvalue weighted by molar-refractivity contribution is -0.146. The molecule has 3 heterocycles. The number of carbonyl (C=O) groups excluding carboxylic acids is 2. The molecule has 2 amide bonds.